The average molecular weight is 500 g/mol. The third kappa shape index (κ3) is 5.52. The summed E-state index contributed by atoms with van der Waals surface area (Å²) in [6.07, 6.45) is 1.71. The molecular weight excluding hydrogens is 466 g/mol. The van der Waals surface area contributed by atoms with Gasteiger partial charge < -0.3 is 18.9 Å². The first-order chi connectivity index (χ1) is 17.1. The molecule has 35 heavy (non-hydrogen) atoms. The number of carbonyl (C=O) groups is 1. The van der Waals surface area contributed by atoms with Gasteiger partial charge in [0.05, 0.1) is 44.8 Å². The summed E-state index contributed by atoms with van der Waals surface area (Å²) < 4.78 is 22.9. The van der Waals surface area contributed by atoms with E-state index in [2.05, 4.69) is 24.0 Å². The van der Waals surface area contributed by atoms with Crippen LogP contribution in [0.1, 0.15) is 29.3 Å². The SMILES string of the molecule is CCc1cccc2sc(N(CCCN3CCOCC3)C(=O)c3cc(OC)c(OC)c(OC)c3)nc12. The summed E-state index contributed by atoms with van der Waals surface area (Å²) in [5.41, 5.74) is 2.60. The van der Waals surface area contributed by atoms with Gasteiger partial charge >= 0.3 is 0 Å². The van der Waals surface area contributed by atoms with Crippen LogP contribution >= 0.6 is 11.3 Å². The van der Waals surface area contributed by atoms with Gasteiger partial charge in [-0.05, 0) is 36.6 Å². The number of rotatable bonds is 10. The highest BCUT2D eigenvalue weighted by Gasteiger charge is 2.25. The predicted octanol–water partition coefficient (Wildman–Crippen LogP) is 4.25. The summed E-state index contributed by atoms with van der Waals surface area (Å²) in [5, 5.41) is 0.696. The Hall–Kier alpha value is -2.88. The third-order valence-corrected chi connectivity index (χ3v) is 7.26. The summed E-state index contributed by atoms with van der Waals surface area (Å²) in [5.74, 6) is 1.20. The molecule has 0 radical (unpaired) electrons. The molecule has 0 N–H and O–H groups in total. The molecule has 0 spiro atoms. The van der Waals surface area contributed by atoms with Crippen molar-refractivity contribution in [2.45, 2.75) is 19.8 Å². The van der Waals surface area contributed by atoms with Crippen molar-refractivity contribution in [3.8, 4) is 17.2 Å². The van der Waals surface area contributed by atoms with Gasteiger partial charge in [-0.1, -0.05) is 30.4 Å². The van der Waals surface area contributed by atoms with Crippen molar-refractivity contribution in [3.05, 3.63) is 41.5 Å². The number of carbonyl (C=O) groups excluding carboxylic acids is 1. The Morgan fingerprint density at radius 1 is 1.11 bits per heavy atom. The van der Waals surface area contributed by atoms with Crippen LogP contribution in [0.2, 0.25) is 0 Å². The van der Waals surface area contributed by atoms with Crippen LogP contribution < -0.4 is 19.1 Å². The number of methoxy groups -OCH3 is 3. The van der Waals surface area contributed by atoms with E-state index >= 15 is 0 Å². The minimum Gasteiger partial charge on any atom is -0.493 e. The Labute approximate surface area is 210 Å². The molecule has 2 heterocycles. The van der Waals surface area contributed by atoms with Crippen LogP contribution in [-0.4, -0.2) is 76.5 Å². The molecule has 3 aromatic rings. The van der Waals surface area contributed by atoms with Crippen molar-refractivity contribution >= 4 is 32.6 Å². The Balaban J connectivity index is 1.67. The lowest BCUT2D eigenvalue weighted by atomic mass is 10.1. The van der Waals surface area contributed by atoms with Gasteiger partial charge in [0.15, 0.2) is 16.6 Å². The molecule has 0 bridgehead atoms. The Bertz CT molecular complexity index is 1130. The number of ether oxygens (including phenoxy) is 4. The van der Waals surface area contributed by atoms with Crippen molar-refractivity contribution in [1.82, 2.24) is 9.88 Å². The number of aromatic nitrogens is 1. The second kappa shape index (κ2) is 11.7. The highest BCUT2D eigenvalue weighted by atomic mass is 32.1. The number of hydrogen-bond acceptors (Lipinski definition) is 8. The van der Waals surface area contributed by atoms with Crippen LogP contribution in [0.5, 0.6) is 17.2 Å². The molecule has 2 aromatic carbocycles. The van der Waals surface area contributed by atoms with Gasteiger partial charge in [-0.25, -0.2) is 4.98 Å². The van der Waals surface area contributed by atoms with E-state index in [1.807, 2.05) is 6.07 Å². The van der Waals surface area contributed by atoms with Gasteiger partial charge in [0.2, 0.25) is 5.75 Å². The highest BCUT2D eigenvalue weighted by Crippen LogP contribution is 2.39. The fourth-order valence-corrected chi connectivity index (χ4v) is 5.35. The zero-order valence-electron chi connectivity index (χ0n) is 20.8. The Kier molecular flexibility index (Phi) is 8.43. The van der Waals surface area contributed by atoms with Crippen LogP contribution in [0.4, 0.5) is 5.13 Å². The van der Waals surface area contributed by atoms with E-state index in [9.17, 15) is 4.79 Å². The van der Waals surface area contributed by atoms with Crippen molar-refractivity contribution in [3.63, 3.8) is 0 Å². The quantitative estimate of drug-likeness (QED) is 0.413. The van der Waals surface area contributed by atoms with E-state index in [-0.39, 0.29) is 5.91 Å². The zero-order chi connectivity index (χ0) is 24.8. The van der Waals surface area contributed by atoms with Gasteiger partial charge in [0, 0.05) is 31.7 Å². The van der Waals surface area contributed by atoms with Gasteiger partial charge in [-0.2, -0.15) is 0 Å². The number of aryl methyl sites for hydroxylation is 1. The topological polar surface area (TPSA) is 73.4 Å². The van der Waals surface area contributed by atoms with E-state index in [1.165, 1.54) is 5.56 Å². The molecule has 1 saturated heterocycles. The third-order valence-electron chi connectivity index (χ3n) is 6.22. The average Bonchev–Trinajstić information content (AvgIpc) is 3.34. The maximum Gasteiger partial charge on any atom is 0.260 e. The summed E-state index contributed by atoms with van der Waals surface area (Å²) >= 11 is 1.54. The van der Waals surface area contributed by atoms with Crippen LogP contribution in [-0.2, 0) is 11.2 Å². The van der Waals surface area contributed by atoms with Gasteiger partial charge in [0.25, 0.3) is 5.91 Å². The largest absolute Gasteiger partial charge is 0.493 e. The fraction of sp³-hybridized carbons (Fsp3) is 0.462. The molecule has 9 heteroatoms. The predicted molar refractivity (Wildman–Crippen MR) is 139 cm³/mol. The van der Waals surface area contributed by atoms with Crippen molar-refractivity contribution < 1.29 is 23.7 Å². The number of amides is 1. The van der Waals surface area contributed by atoms with Gasteiger partial charge in [-0.3, -0.25) is 14.6 Å². The molecule has 1 aromatic heterocycles. The number of hydrogen-bond donors (Lipinski definition) is 0. The summed E-state index contributed by atoms with van der Waals surface area (Å²) in [7, 11) is 4.64. The monoisotopic (exact) mass is 499 g/mol. The van der Waals surface area contributed by atoms with E-state index in [0.29, 0.717) is 34.5 Å². The molecule has 0 unspecified atom stereocenters. The lowest BCUT2D eigenvalue weighted by Gasteiger charge is -2.28. The summed E-state index contributed by atoms with van der Waals surface area (Å²) in [4.78, 5) is 23.0. The van der Waals surface area contributed by atoms with Crippen molar-refractivity contribution in [2.75, 3.05) is 65.6 Å². The fourth-order valence-electron chi connectivity index (χ4n) is 4.32. The Morgan fingerprint density at radius 3 is 2.46 bits per heavy atom. The van der Waals surface area contributed by atoms with Crippen LogP contribution in [0.25, 0.3) is 10.2 Å². The number of para-hydroxylation sites is 1. The van der Waals surface area contributed by atoms with E-state index in [0.717, 1.165) is 55.9 Å². The van der Waals surface area contributed by atoms with E-state index < -0.39 is 0 Å². The molecule has 1 aliphatic rings. The molecular formula is C26H33N3O5S. The normalized spacial score (nSPS) is 14.2. The van der Waals surface area contributed by atoms with E-state index in [4.69, 9.17) is 23.9 Å². The van der Waals surface area contributed by atoms with Crippen molar-refractivity contribution in [1.29, 1.82) is 0 Å². The molecule has 0 aliphatic carbocycles. The molecule has 4 rings (SSSR count). The standard InChI is InChI=1S/C26H33N3O5S/c1-5-18-8-6-9-22-23(18)27-26(35-22)29(11-7-10-28-12-14-34-15-13-28)25(30)19-16-20(31-2)24(33-4)21(17-19)32-3/h6,8-9,16-17H,5,7,10-15H2,1-4H3. The maximum atomic E-state index is 13.9. The number of thiazole rings is 1. The highest BCUT2D eigenvalue weighted by molar-refractivity contribution is 7.22. The number of fused-ring (bicyclic) bond motifs is 1. The molecule has 1 aliphatic heterocycles. The molecule has 0 atom stereocenters. The first-order valence-corrected chi connectivity index (χ1v) is 12.7. The summed E-state index contributed by atoms with van der Waals surface area (Å²) in [6, 6.07) is 9.60. The number of morpholine rings is 1. The summed E-state index contributed by atoms with van der Waals surface area (Å²) in [6.45, 7) is 6.91. The number of benzene rings is 2. The minimum atomic E-state index is -0.150. The molecule has 0 saturated carbocycles. The minimum absolute atomic E-state index is 0.150. The van der Waals surface area contributed by atoms with Crippen LogP contribution in [0, 0.1) is 0 Å². The lowest BCUT2D eigenvalue weighted by molar-refractivity contribution is 0.0376. The van der Waals surface area contributed by atoms with Gasteiger partial charge in [-0.15, -0.1) is 0 Å². The Morgan fingerprint density at radius 2 is 1.83 bits per heavy atom. The molecule has 8 nitrogen and oxygen atoms in total. The smallest absolute Gasteiger partial charge is 0.260 e. The van der Waals surface area contributed by atoms with Crippen molar-refractivity contribution in [2.24, 2.45) is 0 Å². The first kappa shape index (κ1) is 25.2. The number of nitrogens with zero attached hydrogens (tertiary/aromatic N) is 3. The van der Waals surface area contributed by atoms with Gasteiger partial charge in [0.1, 0.15) is 0 Å². The maximum absolute atomic E-state index is 13.9. The van der Waals surface area contributed by atoms with E-state index in [1.54, 1.807) is 49.7 Å². The van der Waals surface area contributed by atoms with Crippen LogP contribution in [0.15, 0.2) is 30.3 Å². The zero-order valence-corrected chi connectivity index (χ0v) is 21.7. The van der Waals surface area contributed by atoms with Crippen LogP contribution in [0.3, 0.4) is 0 Å². The second-order valence-corrected chi connectivity index (χ2v) is 9.30. The molecule has 188 valence electrons. The lowest BCUT2D eigenvalue weighted by Crippen LogP contribution is -2.39. The first-order valence-electron chi connectivity index (χ1n) is 11.9. The molecule has 1 fully saturated rings. The number of anilines is 1. The second-order valence-electron chi connectivity index (χ2n) is 8.29. The molecule has 1 amide bonds.